The van der Waals surface area contributed by atoms with Crippen molar-refractivity contribution >= 4 is 39.2 Å². The smallest absolute Gasteiger partial charge is 0.309 e. The first-order valence-corrected chi connectivity index (χ1v) is 11.1. The van der Waals surface area contributed by atoms with Crippen molar-refractivity contribution < 1.29 is 19.2 Å². The molecule has 158 valence electrons. The number of nitrogens with zero attached hydrogens (tertiary/aromatic N) is 3. The molecule has 1 aliphatic rings. The molecule has 2 aromatic heterocycles. The summed E-state index contributed by atoms with van der Waals surface area (Å²) in [5, 5.41) is 8.23. The van der Waals surface area contributed by atoms with Gasteiger partial charge in [-0.05, 0) is 26.0 Å². The molecule has 1 saturated heterocycles. The summed E-state index contributed by atoms with van der Waals surface area (Å²) in [6, 6.07) is 9.78. The van der Waals surface area contributed by atoms with Crippen molar-refractivity contribution in [3.63, 3.8) is 0 Å². The maximum Gasteiger partial charge on any atom is 0.309 e. The molecule has 0 aliphatic carbocycles. The fourth-order valence-corrected chi connectivity index (χ4v) is 4.73. The molecule has 8 nitrogen and oxygen atoms in total. The molecule has 3 heterocycles. The molecular weight excluding hydrogens is 402 g/mol. The maximum absolute atomic E-state index is 12.7. The zero-order valence-corrected chi connectivity index (χ0v) is 18.0. The molecule has 3 aromatic rings. The average Bonchev–Trinajstić information content (AvgIpc) is 3.31. The van der Waals surface area contributed by atoms with Crippen molar-refractivity contribution in [1.82, 2.24) is 14.8 Å². The predicted molar refractivity (Wildman–Crippen MR) is 115 cm³/mol. The van der Waals surface area contributed by atoms with Gasteiger partial charge >= 0.3 is 5.97 Å². The van der Waals surface area contributed by atoms with E-state index in [0.717, 1.165) is 47.0 Å². The highest BCUT2D eigenvalue weighted by Gasteiger charge is 2.29. The molecule has 30 heavy (non-hydrogen) atoms. The molecule has 0 bridgehead atoms. The van der Waals surface area contributed by atoms with Crippen molar-refractivity contribution in [2.24, 2.45) is 5.92 Å². The second-order valence-electron chi connectivity index (χ2n) is 7.55. The number of benzene rings is 1. The van der Waals surface area contributed by atoms with Crippen LogP contribution in [0.4, 0.5) is 5.82 Å². The highest BCUT2D eigenvalue weighted by Crippen LogP contribution is 2.27. The molecule has 0 saturated carbocycles. The number of rotatable bonds is 6. The van der Waals surface area contributed by atoms with Gasteiger partial charge in [-0.3, -0.25) is 9.59 Å². The van der Waals surface area contributed by atoms with Crippen LogP contribution in [-0.2, 0) is 14.3 Å². The number of quaternary nitrogens is 1. The summed E-state index contributed by atoms with van der Waals surface area (Å²) in [5.41, 5.74) is 1.73. The summed E-state index contributed by atoms with van der Waals surface area (Å²) in [7, 11) is 0. The lowest BCUT2D eigenvalue weighted by atomic mass is 9.97. The Hall–Kier alpha value is -2.78. The fourth-order valence-electron chi connectivity index (χ4n) is 3.80. The van der Waals surface area contributed by atoms with Gasteiger partial charge in [-0.25, -0.2) is 4.98 Å². The Kier molecular flexibility index (Phi) is 6.10. The predicted octanol–water partition coefficient (Wildman–Crippen LogP) is 1.59. The van der Waals surface area contributed by atoms with E-state index in [0.29, 0.717) is 19.0 Å². The van der Waals surface area contributed by atoms with Crippen molar-refractivity contribution in [3.8, 4) is 5.13 Å². The van der Waals surface area contributed by atoms with Gasteiger partial charge in [0.25, 0.3) is 5.91 Å². The fraction of sp³-hybridized carbons (Fsp3) is 0.429. The van der Waals surface area contributed by atoms with Gasteiger partial charge in [-0.15, -0.1) is 0 Å². The van der Waals surface area contributed by atoms with Crippen LogP contribution in [0.2, 0.25) is 0 Å². The first-order valence-electron chi connectivity index (χ1n) is 10.3. The number of carbonyl (C=O) groups is 2. The van der Waals surface area contributed by atoms with Gasteiger partial charge in [0.1, 0.15) is 5.82 Å². The van der Waals surface area contributed by atoms with Crippen molar-refractivity contribution in [2.75, 3.05) is 31.6 Å². The van der Waals surface area contributed by atoms with E-state index in [2.05, 4.69) is 15.4 Å². The number of amides is 1. The number of aromatic nitrogens is 3. The molecule has 1 aliphatic heterocycles. The molecule has 0 spiro atoms. The number of aryl methyl sites for hydroxylation is 1. The standard InChI is InChI=1S/C21H25N5O3S/c1-3-29-20(28)15-8-10-25(11-9-15)13-19(27)23-18-12-14(2)24-26(18)21-22-16-6-4-5-7-17(16)30-21/h4-7,12,15H,3,8-11,13H2,1-2H3,(H,23,27)/p+1. The Morgan fingerprint density at radius 1 is 1.30 bits per heavy atom. The number of thiazole rings is 1. The summed E-state index contributed by atoms with van der Waals surface area (Å²) < 4.78 is 7.88. The molecule has 2 N–H and O–H groups in total. The Morgan fingerprint density at radius 3 is 2.80 bits per heavy atom. The van der Waals surface area contributed by atoms with Crippen molar-refractivity contribution in [3.05, 3.63) is 36.0 Å². The van der Waals surface area contributed by atoms with E-state index in [1.54, 1.807) is 4.68 Å². The number of esters is 1. The van der Waals surface area contributed by atoms with Gasteiger partial charge in [0.05, 0.1) is 41.5 Å². The third-order valence-electron chi connectivity index (χ3n) is 5.29. The summed E-state index contributed by atoms with van der Waals surface area (Å²) in [5.74, 6) is 0.398. The van der Waals surface area contributed by atoms with Crippen LogP contribution in [0.15, 0.2) is 30.3 Å². The Morgan fingerprint density at radius 2 is 2.07 bits per heavy atom. The van der Waals surface area contributed by atoms with Crippen LogP contribution >= 0.6 is 11.3 Å². The van der Waals surface area contributed by atoms with E-state index in [9.17, 15) is 9.59 Å². The SMILES string of the molecule is CCOC(=O)C1CC[NH+](CC(=O)Nc2cc(C)nn2-c2nc3ccccc3s2)CC1. The van der Waals surface area contributed by atoms with Crippen molar-refractivity contribution in [2.45, 2.75) is 26.7 Å². The molecule has 0 unspecified atom stereocenters. The minimum absolute atomic E-state index is 0.0418. The van der Waals surface area contributed by atoms with E-state index in [1.165, 1.54) is 16.2 Å². The Labute approximate surface area is 178 Å². The third-order valence-corrected chi connectivity index (χ3v) is 6.30. The number of hydrogen-bond acceptors (Lipinski definition) is 6. The van der Waals surface area contributed by atoms with E-state index in [4.69, 9.17) is 4.74 Å². The van der Waals surface area contributed by atoms with E-state index >= 15 is 0 Å². The lowest BCUT2D eigenvalue weighted by Gasteiger charge is -2.27. The highest BCUT2D eigenvalue weighted by atomic mass is 32.1. The number of carbonyl (C=O) groups excluding carboxylic acids is 2. The normalized spacial score (nSPS) is 19.0. The Balaban J connectivity index is 1.39. The van der Waals surface area contributed by atoms with Crippen molar-refractivity contribution in [1.29, 1.82) is 0 Å². The minimum Gasteiger partial charge on any atom is -0.466 e. The molecule has 1 aromatic carbocycles. The minimum atomic E-state index is -0.115. The number of nitrogens with one attached hydrogen (secondary N) is 2. The van der Waals surface area contributed by atoms with Crippen LogP contribution < -0.4 is 10.2 Å². The van der Waals surface area contributed by atoms with Crippen LogP contribution in [0, 0.1) is 12.8 Å². The molecule has 1 amide bonds. The van der Waals surface area contributed by atoms with Gasteiger partial charge in [0, 0.05) is 18.9 Å². The lowest BCUT2D eigenvalue weighted by Crippen LogP contribution is -3.14. The molecule has 4 rings (SSSR count). The van der Waals surface area contributed by atoms with Gasteiger partial charge < -0.3 is 15.0 Å². The van der Waals surface area contributed by atoms with Crippen LogP contribution in [-0.4, -0.2) is 52.9 Å². The van der Waals surface area contributed by atoms with E-state index in [1.807, 2.05) is 44.2 Å². The van der Waals surface area contributed by atoms with Crippen LogP contribution in [0.3, 0.4) is 0 Å². The number of piperidine rings is 1. The second kappa shape index (κ2) is 8.93. The van der Waals surface area contributed by atoms with E-state index < -0.39 is 0 Å². The van der Waals surface area contributed by atoms with Crippen LogP contribution in [0.25, 0.3) is 15.3 Å². The highest BCUT2D eigenvalue weighted by molar-refractivity contribution is 7.20. The first-order chi connectivity index (χ1) is 14.5. The lowest BCUT2D eigenvalue weighted by molar-refractivity contribution is -0.897. The zero-order chi connectivity index (χ0) is 21.1. The van der Waals surface area contributed by atoms with Gasteiger partial charge in [-0.2, -0.15) is 9.78 Å². The number of anilines is 1. The second-order valence-corrected chi connectivity index (χ2v) is 8.56. The largest absolute Gasteiger partial charge is 0.466 e. The molecule has 9 heteroatoms. The summed E-state index contributed by atoms with van der Waals surface area (Å²) in [6.07, 6.45) is 1.51. The van der Waals surface area contributed by atoms with Gasteiger partial charge in [0.2, 0.25) is 5.13 Å². The molecule has 1 fully saturated rings. The third kappa shape index (κ3) is 4.52. The summed E-state index contributed by atoms with van der Waals surface area (Å²) >= 11 is 1.54. The van der Waals surface area contributed by atoms with Gasteiger partial charge in [-0.1, -0.05) is 23.5 Å². The van der Waals surface area contributed by atoms with Crippen LogP contribution in [0.5, 0.6) is 0 Å². The monoisotopic (exact) mass is 428 g/mol. The van der Waals surface area contributed by atoms with Crippen LogP contribution in [0.1, 0.15) is 25.5 Å². The quantitative estimate of drug-likeness (QED) is 0.582. The number of fused-ring (bicyclic) bond motifs is 1. The van der Waals surface area contributed by atoms with Gasteiger partial charge in [0.15, 0.2) is 6.54 Å². The maximum atomic E-state index is 12.7. The number of para-hydroxylation sites is 1. The zero-order valence-electron chi connectivity index (χ0n) is 17.2. The number of ether oxygens (including phenoxy) is 1. The number of likely N-dealkylation sites (tertiary alicyclic amines) is 1. The molecule has 0 radical (unpaired) electrons. The number of hydrogen-bond donors (Lipinski definition) is 2. The molecule has 0 atom stereocenters. The summed E-state index contributed by atoms with van der Waals surface area (Å²) in [4.78, 5) is 30.4. The average molecular weight is 429 g/mol. The topological polar surface area (TPSA) is 90.5 Å². The first kappa shape index (κ1) is 20.5. The Bertz CT molecular complexity index is 1020. The summed E-state index contributed by atoms with van der Waals surface area (Å²) in [6.45, 7) is 6.06. The van der Waals surface area contributed by atoms with E-state index in [-0.39, 0.29) is 17.8 Å². The molecular formula is C21H26N5O3S+.